The summed E-state index contributed by atoms with van der Waals surface area (Å²) in [7, 11) is 0. The standard InChI is InChI=1S/C16H18N4O2/c21-15(14-12-6-2-1-5-11(12)8-10-22-14)17-16-19-18-13-7-3-4-9-20(13)16/h1-2,5-6,14H,3-4,7-10H2,(H,17,19,21). The lowest BCUT2D eigenvalue weighted by molar-refractivity contribution is -0.128. The van der Waals surface area contributed by atoms with Crippen molar-refractivity contribution in [1.82, 2.24) is 14.8 Å². The van der Waals surface area contributed by atoms with E-state index in [0.29, 0.717) is 12.6 Å². The van der Waals surface area contributed by atoms with E-state index >= 15 is 0 Å². The van der Waals surface area contributed by atoms with Gasteiger partial charge in [0.2, 0.25) is 5.95 Å². The molecule has 114 valence electrons. The number of hydrogen-bond acceptors (Lipinski definition) is 4. The first-order valence-corrected chi connectivity index (χ1v) is 7.75. The summed E-state index contributed by atoms with van der Waals surface area (Å²) in [6.45, 7) is 1.42. The second kappa shape index (κ2) is 5.53. The smallest absolute Gasteiger partial charge is 0.260 e. The van der Waals surface area contributed by atoms with Crippen LogP contribution in [0.1, 0.15) is 35.9 Å². The van der Waals surface area contributed by atoms with E-state index in [0.717, 1.165) is 43.6 Å². The van der Waals surface area contributed by atoms with E-state index < -0.39 is 6.10 Å². The van der Waals surface area contributed by atoms with E-state index in [1.165, 1.54) is 5.56 Å². The van der Waals surface area contributed by atoms with E-state index in [-0.39, 0.29) is 5.91 Å². The van der Waals surface area contributed by atoms with Gasteiger partial charge < -0.3 is 4.74 Å². The van der Waals surface area contributed by atoms with Crippen molar-refractivity contribution in [2.45, 2.75) is 38.3 Å². The van der Waals surface area contributed by atoms with Crippen molar-refractivity contribution in [2.24, 2.45) is 0 Å². The first-order valence-electron chi connectivity index (χ1n) is 7.75. The molecule has 0 saturated heterocycles. The molecule has 0 spiro atoms. The van der Waals surface area contributed by atoms with Crippen LogP contribution in [0.5, 0.6) is 0 Å². The van der Waals surface area contributed by atoms with Crippen LogP contribution in [0.4, 0.5) is 5.95 Å². The Morgan fingerprint density at radius 2 is 2.14 bits per heavy atom. The van der Waals surface area contributed by atoms with Crippen LogP contribution in [0.25, 0.3) is 0 Å². The molecule has 0 aliphatic carbocycles. The van der Waals surface area contributed by atoms with Crippen LogP contribution in [-0.4, -0.2) is 27.3 Å². The highest BCUT2D eigenvalue weighted by molar-refractivity contribution is 5.93. The third-order valence-corrected chi connectivity index (χ3v) is 4.33. The number of carbonyl (C=O) groups is 1. The van der Waals surface area contributed by atoms with E-state index in [2.05, 4.69) is 21.6 Å². The van der Waals surface area contributed by atoms with Gasteiger partial charge in [0.15, 0.2) is 6.10 Å². The van der Waals surface area contributed by atoms with Gasteiger partial charge in [0.1, 0.15) is 5.82 Å². The molecule has 22 heavy (non-hydrogen) atoms. The van der Waals surface area contributed by atoms with E-state index in [1.807, 2.05) is 22.8 Å². The van der Waals surface area contributed by atoms with E-state index in [1.54, 1.807) is 0 Å². The summed E-state index contributed by atoms with van der Waals surface area (Å²) < 4.78 is 7.69. The molecule has 1 aromatic carbocycles. The number of aryl methyl sites for hydroxylation is 1. The van der Waals surface area contributed by atoms with E-state index in [9.17, 15) is 4.79 Å². The maximum atomic E-state index is 12.6. The molecule has 6 nitrogen and oxygen atoms in total. The number of ether oxygens (including phenoxy) is 1. The van der Waals surface area contributed by atoms with Gasteiger partial charge in [-0.3, -0.25) is 14.7 Å². The molecule has 1 N–H and O–H groups in total. The maximum Gasteiger partial charge on any atom is 0.260 e. The van der Waals surface area contributed by atoms with Crippen LogP contribution in [0, 0.1) is 0 Å². The zero-order chi connectivity index (χ0) is 14.9. The average Bonchev–Trinajstić information content (AvgIpc) is 2.97. The van der Waals surface area contributed by atoms with Crippen molar-refractivity contribution in [1.29, 1.82) is 0 Å². The molecule has 1 atom stereocenters. The van der Waals surface area contributed by atoms with Crippen molar-refractivity contribution in [3.05, 3.63) is 41.2 Å². The van der Waals surface area contributed by atoms with Crippen molar-refractivity contribution in [2.75, 3.05) is 11.9 Å². The molecule has 6 heteroatoms. The molecule has 1 amide bonds. The van der Waals surface area contributed by atoms with Crippen LogP contribution in [-0.2, 0) is 28.9 Å². The molecule has 2 aliphatic rings. The SMILES string of the molecule is O=C(Nc1nnc2n1CCCC2)C1OCCc2ccccc21. The molecular weight excluding hydrogens is 280 g/mol. The van der Waals surface area contributed by atoms with Crippen molar-refractivity contribution >= 4 is 11.9 Å². The molecular formula is C16H18N4O2. The predicted molar refractivity (Wildman–Crippen MR) is 80.4 cm³/mol. The molecule has 0 fully saturated rings. The Kier molecular flexibility index (Phi) is 3.38. The van der Waals surface area contributed by atoms with Gasteiger partial charge >= 0.3 is 0 Å². The minimum Gasteiger partial charge on any atom is -0.363 e. The molecule has 1 unspecified atom stereocenters. The van der Waals surface area contributed by atoms with Crippen LogP contribution in [0.2, 0.25) is 0 Å². The quantitative estimate of drug-likeness (QED) is 0.919. The fraction of sp³-hybridized carbons (Fsp3) is 0.438. The minimum absolute atomic E-state index is 0.173. The topological polar surface area (TPSA) is 69.0 Å². The van der Waals surface area contributed by atoms with Crippen LogP contribution in [0.3, 0.4) is 0 Å². The maximum absolute atomic E-state index is 12.6. The number of fused-ring (bicyclic) bond motifs is 2. The number of rotatable bonds is 2. The number of benzene rings is 1. The lowest BCUT2D eigenvalue weighted by Crippen LogP contribution is -2.29. The number of nitrogens with one attached hydrogen (secondary N) is 1. The number of anilines is 1. The monoisotopic (exact) mass is 298 g/mol. The average molecular weight is 298 g/mol. The Balaban J connectivity index is 1.57. The van der Waals surface area contributed by atoms with Gasteiger partial charge in [0, 0.05) is 13.0 Å². The molecule has 4 rings (SSSR count). The summed E-state index contributed by atoms with van der Waals surface area (Å²) in [5, 5.41) is 11.2. The Bertz CT molecular complexity index is 710. The number of amides is 1. The number of hydrogen-bond donors (Lipinski definition) is 1. The largest absolute Gasteiger partial charge is 0.363 e. The van der Waals surface area contributed by atoms with Gasteiger partial charge in [-0.25, -0.2) is 0 Å². The normalized spacial score (nSPS) is 20.1. The minimum atomic E-state index is -0.568. The molecule has 2 aliphatic heterocycles. The molecule has 2 aromatic rings. The lowest BCUT2D eigenvalue weighted by Gasteiger charge is -2.25. The highest BCUT2D eigenvalue weighted by Gasteiger charge is 2.28. The Morgan fingerprint density at radius 3 is 3.09 bits per heavy atom. The summed E-state index contributed by atoms with van der Waals surface area (Å²) in [4.78, 5) is 12.6. The lowest BCUT2D eigenvalue weighted by atomic mass is 9.97. The number of nitrogens with zero attached hydrogens (tertiary/aromatic N) is 3. The third-order valence-electron chi connectivity index (χ3n) is 4.33. The first-order chi connectivity index (χ1) is 10.8. The number of aromatic nitrogens is 3. The van der Waals surface area contributed by atoms with Crippen molar-refractivity contribution < 1.29 is 9.53 Å². The van der Waals surface area contributed by atoms with Crippen LogP contribution < -0.4 is 5.32 Å². The molecule has 0 saturated carbocycles. The summed E-state index contributed by atoms with van der Waals surface area (Å²) in [5.74, 6) is 1.31. The summed E-state index contributed by atoms with van der Waals surface area (Å²) in [5.41, 5.74) is 2.13. The highest BCUT2D eigenvalue weighted by Crippen LogP contribution is 2.28. The summed E-state index contributed by atoms with van der Waals surface area (Å²) in [6, 6.07) is 7.94. The van der Waals surface area contributed by atoms with Gasteiger partial charge in [0.25, 0.3) is 5.91 Å². The predicted octanol–water partition coefficient (Wildman–Crippen LogP) is 1.87. The van der Waals surface area contributed by atoms with E-state index in [4.69, 9.17) is 4.74 Å². The second-order valence-corrected chi connectivity index (χ2v) is 5.74. The van der Waals surface area contributed by atoms with Crippen molar-refractivity contribution in [3.8, 4) is 0 Å². The Hall–Kier alpha value is -2.21. The van der Waals surface area contributed by atoms with Crippen LogP contribution >= 0.6 is 0 Å². The molecule has 1 aromatic heterocycles. The summed E-state index contributed by atoms with van der Waals surface area (Å²) >= 11 is 0. The number of carbonyl (C=O) groups excluding carboxylic acids is 1. The highest BCUT2D eigenvalue weighted by atomic mass is 16.5. The molecule has 0 bridgehead atoms. The van der Waals surface area contributed by atoms with Crippen LogP contribution in [0.15, 0.2) is 24.3 Å². The van der Waals surface area contributed by atoms with Gasteiger partial charge in [-0.1, -0.05) is 24.3 Å². The van der Waals surface area contributed by atoms with Gasteiger partial charge in [0.05, 0.1) is 6.61 Å². The van der Waals surface area contributed by atoms with Gasteiger partial charge in [-0.2, -0.15) is 0 Å². The zero-order valence-electron chi connectivity index (χ0n) is 12.3. The fourth-order valence-corrected chi connectivity index (χ4v) is 3.19. The van der Waals surface area contributed by atoms with Crippen molar-refractivity contribution in [3.63, 3.8) is 0 Å². The third kappa shape index (κ3) is 2.29. The Morgan fingerprint density at radius 1 is 1.23 bits per heavy atom. The summed E-state index contributed by atoms with van der Waals surface area (Å²) in [6.07, 6.45) is 3.43. The first kappa shape index (κ1) is 13.5. The van der Waals surface area contributed by atoms with Gasteiger partial charge in [-0.05, 0) is 30.4 Å². The molecule has 3 heterocycles. The molecule has 0 radical (unpaired) electrons. The van der Waals surface area contributed by atoms with Gasteiger partial charge in [-0.15, -0.1) is 10.2 Å². The Labute approximate surface area is 128 Å². The second-order valence-electron chi connectivity index (χ2n) is 5.74. The zero-order valence-corrected chi connectivity index (χ0v) is 12.3. The fourth-order valence-electron chi connectivity index (χ4n) is 3.19.